The number of carbonyl (C=O) groups excluding carboxylic acids is 1. The van der Waals surface area contributed by atoms with Crippen LogP contribution >= 0.6 is 0 Å². The van der Waals surface area contributed by atoms with Crippen LogP contribution in [0.2, 0.25) is 0 Å². The molecule has 0 saturated heterocycles. The molecule has 0 atom stereocenters. The molecule has 0 unspecified atom stereocenters. The van der Waals surface area contributed by atoms with E-state index in [2.05, 4.69) is 10.6 Å². The molecule has 86 valence electrons. The Morgan fingerprint density at radius 2 is 2.12 bits per heavy atom. The Kier molecular flexibility index (Phi) is 3.13. The molecule has 0 aromatic heterocycles. The maximum absolute atomic E-state index is 11.8. The van der Waals surface area contributed by atoms with Gasteiger partial charge in [-0.2, -0.15) is 0 Å². The van der Waals surface area contributed by atoms with Crippen molar-refractivity contribution in [3.63, 3.8) is 0 Å². The van der Waals surface area contributed by atoms with E-state index in [0.717, 1.165) is 11.3 Å². The monoisotopic (exact) mass is 218 g/mol. The quantitative estimate of drug-likeness (QED) is 0.814. The van der Waals surface area contributed by atoms with E-state index in [1.165, 1.54) is 12.8 Å². The average molecular weight is 218 g/mol. The summed E-state index contributed by atoms with van der Waals surface area (Å²) in [7, 11) is 0. The first kappa shape index (κ1) is 11.0. The molecule has 0 spiro atoms. The van der Waals surface area contributed by atoms with Crippen molar-refractivity contribution in [2.45, 2.75) is 38.8 Å². The number of rotatable bonds is 4. The van der Waals surface area contributed by atoms with E-state index < -0.39 is 0 Å². The molecule has 0 radical (unpaired) electrons. The summed E-state index contributed by atoms with van der Waals surface area (Å²) in [6, 6.07) is 8.46. The Bertz CT molecular complexity index is 383. The first-order chi connectivity index (χ1) is 7.65. The van der Waals surface area contributed by atoms with Crippen LogP contribution in [0.3, 0.4) is 0 Å². The largest absolute Gasteiger partial charge is 0.382 e. The van der Waals surface area contributed by atoms with Crippen LogP contribution in [-0.2, 0) is 0 Å². The van der Waals surface area contributed by atoms with Gasteiger partial charge in [0.05, 0.1) is 0 Å². The Labute approximate surface area is 96.2 Å². The van der Waals surface area contributed by atoms with Crippen LogP contribution in [0.1, 0.15) is 37.0 Å². The van der Waals surface area contributed by atoms with E-state index in [0.29, 0.717) is 6.04 Å². The van der Waals surface area contributed by atoms with Crippen molar-refractivity contribution in [3.05, 3.63) is 29.8 Å². The maximum Gasteiger partial charge on any atom is 0.251 e. The van der Waals surface area contributed by atoms with Gasteiger partial charge in [-0.1, -0.05) is 6.07 Å². The topological polar surface area (TPSA) is 41.1 Å². The number of nitrogens with one attached hydrogen (secondary N) is 2. The molecular weight excluding hydrogens is 200 g/mol. The molecule has 1 saturated carbocycles. The number of carbonyl (C=O) groups is 1. The second-order valence-corrected chi connectivity index (χ2v) is 4.63. The van der Waals surface area contributed by atoms with Crippen molar-refractivity contribution < 1.29 is 4.79 Å². The van der Waals surface area contributed by atoms with E-state index >= 15 is 0 Å². The van der Waals surface area contributed by atoms with Crippen LogP contribution in [0.4, 0.5) is 5.69 Å². The highest BCUT2D eigenvalue weighted by Gasteiger charge is 2.20. The van der Waals surface area contributed by atoms with Crippen LogP contribution in [0.5, 0.6) is 0 Å². The summed E-state index contributed by atoms with van der Waals surface area (Å²) in [5, 5.41) is 6.27. The minimum atomic E-state index is -0.00514. The van der Waals surface area contributed by atoms with Crippen molar-refractivity contribution >= 4 is 11.6 Å². The Hall–Kier alpha value is -1.51. The van der Waals surface area contributed by atoms with Gasteiger partial charge in [-0.05, 0) is 44.9 Å². The standard InChI is InChI=1S/C13H18N2O/c1-9(2)14-13(16)10-4-3-5-12(8-10)15-11-6-7-11/h3-5,8-9,11,15H,6-7H2,1-2H3,(H,14,16). The molecule has 2 N–H and O–H groups in total. The van der Waals surface area contributed by atoms with Crippen molar-refractivity contribution in [2.75, 3.05) is 5.32 Å². The zero-order chi connectivity index (χ0) is 11.5. The molecule has 1 aliphatic rings. The third-order valence-electron chi connectivity index (χ3n) is 2.49. The van der Waals surface area contributed by atoms with E-state index in [-0.39, 0.29) is 11.9 Å². The predicted molar refractivity (Wildman–Crippen MR) is 65.7 cm³/mol. The smallest absolute Gasteiger partial charge is 0.251 e. The van der Waals surface area contributed by atoms with Gasteiger partial charge in [0.1, 0.15) is 0 Å². The molecule has 1 aromatic carbocycles. The average Bonchev–Trinajstić information content (AvgIpc) is 3.01. The highest BCUT2D eigenvalue weighted by molar-refractivity contribution is 5.95. The number of hydrogen-bond acceptors (Lipinski definition) is 2. The first-order valence-corrected chi connectivity index (χ1v) is 5.82. The van der Waals surface area contributed by atoms with Gasteiger partial charge in [-0.3, -0.25) is 4.79 Å². The molecule has 1 aromatic rings. The van der Waals surface area contributed by atoms with Crippen LogP contribution < -0.4 is 10.6 Å². The number of anilines is 1. The molecule has 16 heavy (non-hydrogen) atoms. The predicted octanol–water partition coefficient (Wildman–Crippen LogP) is 2.40. The summed E-state index contributed by atoms with van der Waals surface area (Å²) in [6.07, 6.45) is 2.48. The summed E-state index contributed by atoms with van der Waals surface area (Å²) < 4.78 is 0. The van der Waals surface area contributed by atoms with Gasteiger partial charge in [0.25, 0.3) is 5.91 Å². The molecule has 0 aliphatic heterocycles. The maximum atomic E-state index is 11.8. The molecule has 0 heterocycles. The number of hydrogen-bond donors (Lipinski definition) is 2. The lowest BCUT2D eigenvalue weighted by Gasteiger charge is -2.10. The fourth-order valence-corrected chi connectivity index (χ4v) is 1.56. The number of benzene rings is 1. The van der Waals surface area contributed by atoms with Gasteiger partial charge in [0, 0.05) is 23.3 Å². The van der Waals surface area contributed by atoms with Gasteiger partial charge in [0.15, 0.2) is 0 Å². The van der Waals surface area contributed by atoms with Gasteiger partial charge >= 0.3 is 0 Å². The van der Waals surface area contributed by atoms with Gasteiger partial charge in [-0.25, -0.2) is 0 Å². The van der Waals surface area contributed by atoms with Crippen molar-refractivity contribution in [3.8, 4) is 0 Å². The molecule has 3 nitrogen and oxygen atoms in total. The highest BCUT2D eigenvalue weighted by Crippen LogP contribution is 2.24. The van der Waals surface area contributed by atoms with Crippen LogP contribution in [0, 0.1) is 0 Å². The van der Waals surface area contributed by atoms with E-state index in [9.17, 15) is 4.79 Å². The summed E-state index contributed by atoms with van der Waals surface area (Å²) in [4.78, 5) is 11.8. The zero-order valence-electron chi connectivity index (χ0n) is 9.79. The fraction of sp³-hybridized carbons (Fsp3) is 0.462. The van der Waals surface area contributed by atoms with Crippen molar-refractivity contribution in [2.24, 2.45) is 0 Å². The van der Waals surface area contributed by atoms with Crippen molar-refractivity contribution in [1.29, 1.82) is 0 Å². The molecule has 1 aliphatic carbocycles. The molecule has 1 amide bonds. The SMILES string of the molecule is CC(C)NC(=O)c1cccc(NC2CC2)c1. The lowest BCUT2D eigenvalue weighted by molar-refractivity contribution is 0.0943. The Morgan fingerprint density at radius 3 is 2.75 bits per heavy atom. The highest BCUT2D eigenvalue weighted by atomic mass is 16.1. The summed E-state index contributed by atoms with van der Waals surface area (Å²) in [6.45, 7) is 3.92. The normalized spacial score (nSPS) is 14.9. The Morgan fingerprint density at radius 1 is 1.38 bits per heavy atom. The van der Waals surface area contributed by atoms with Crippen LogP contribution in [0.15, 0.2) is 24.3 Å². The molecule has 0 bridgehead atoms. The third kappa shape index (κ3) is 2.99. The van der Waals surface area contributed by atoms with Gasteiger partial charge < -0.3 is 10.6 Å². The Balaban J connectivity index is 2.05. The van der Waals surface area contributed by atoms with Gasteiger partial charge in [-0.15, -0.1) is 0 Å². The lowest BCUT2D eigenvalue weighted by atomic mass is 10.2. The summed E-state index contributed by atoms with van der Waals surface area (Å²) in [5.74, 6) is -0.00514. The lowest BCUT2D eigenvalue weighted by Crippen LogP contribution is -2.30. The van der Waals surface area contributed by atoms with Crippen molar-refractivity contribution in [1.82, 2.24) is 5.32 Å². The van der Waals surface area contributed by atoms with Crippen LogP contribution in [-0.4, -0.2) is 18.0 Å². The molecule has 1 fully saturated rings. The minimum Gasteiger partial charge on any atom is -0.382 e. The second kappa shape index (κ2) is 4.56. The number of amides is 1. The summed E-state index contributed by atoms with van der Waals surface area (Å²) >= 11 is 0. The van der Waals surface area contributed by atoms with Crippen LogP contribution in [0.25, 0.3) is 0 Å². The molecule has 3 heteroatoms. The van der Waals surface area contributed by atoms with E-state index in [4.69, 9.17) is 0 Å². The first-order valence-electron chi connectivity index (χ1n) is 5.82. The summed E-state index contributed by atoms with van der Waals surface area (Å²) in [5.41, 5.74) is 1.76. The molecule has 2 rings (SSSR count). The third-order valence-corrected chi connectivity index (χ3v) is 2.49. The van der Waals surface area contributed by atoms with E-state index in [1.54, 1.807) is 0 Å². The zero-order valence-corrected chi connectivity index (χ0v) is 9.79. The second-order valence-electron chi connectivity index (χ2n) is 4.63. The fourth-order valence-electron chi connectivity index (χ4n) is 1.56. The van der Waals surface area contributed by atoms with Gasteiger partial charge in [0.2, 0.25) is 0 Å². The minimum absolute atomic E-state index is 0.00514. The molecular formula is C13H18N2O. The van der Waals surface area contributed by atoms with E-state index in [1.807, 2.05) is 38.1 Å².